The number of aryl methyl sites for hydroxylation is 2. The van der Waals surface area contributed by atoms with Crippen LogP contribution in [0.3, 0.4) is 0 Å². The molecule has 0 bridgehead atoms. The molecule has 1 aromatic heterocycles. The van der Waals surface area contributed by atoms with E-state index >= 15 is 0 Å². The monoisotopic (exact) mass is 281 g/mol. The minimum Gasteiger partial charge on any atom is -0.481 e. The van der Waals surface area contributed by atoms with E-state index in [0.29, 0.717) is 12.4 Å². The predicted octanol–water partition coefficient (Wildman–Crippen LogP) is 1.15. The van der Waals surface area contributed by atoms with Crippen molar-refractivity contribution in [2.75, 3.05) is 13.1 Å². The second kappa shape index (κ2) is 5.52. The second-order valence-electron chi connectivity index (χ2n) is 5.23. The third-order valence-electron chi connectivity index (χ3n) is 3.68. The minimum atomic E-state index is -0.855. The van der Waals surface area contributed by atoms with Gasteiger partial charge in [0.2, 0.25) is 5.89 Å². The number of rotatable bonds is 3. The number of hydrogen-bond acceptors (Lipinski definition) is 4. The van der Waals surface area contributed by atoms with E-state index in [-0.39, 0.29) is 25.0 Å². The van der Waals surface area contributed by atoms with E-state index in [4.69, 9.17) is 9.52 Å². The van der Waals surface area contributed by atoms with E-state index in [1.807, 2.05) is 20.8 Å². The lowest BCUT2D eigenvalue weighted by Gasteiger charge is -2.15. The van der Waals surface area contributed by atoms with Crippen LogP contribution in [-0.2, 0) is 11.3 Å². The summed E-state index contributed by atoms with van der Waals surface area (Å²) in [6.07, 6.45) is 0. The predicted molar refractivity (Wildman–Crippen MR) is 70.1 cm³/mol. The maximum absolute atomic E-state index is 12.0. The molecule has 0 aromatic carbocycles. The van der Waals surface area contributed by atoms with Crippen LogP contribution in [0.25, 0.3) is 0 Å². The fourth-order valence-corrected chi connectivity index (χ4v) is 2.33. The highest BCUT2D eigenvalue weighted by atomic mass is 16.4. The summed E-state index contributed by atoms with van der Waals surface area (Å²) in [4.78, 5) is 28.7. The van der Waals surface area contributed by atoms with Crippen molar-refractivity contribution in [2.24, 2.45) is 11.8 Å². The molecule has 2 unspecified atom stereocenters. The SMILES string of the molecule is Cc1nc(CNC(=O)N2CC(C)C(C(=O)O)C2)oc1C. The van der Waals surface area contributed by atoms with E-state index in [0.717, 1.165) is 11.5 Å². The van der Waals surface area contributed by atoms with Crippen molar-refractivity contribution >= 4 is 12.0 Å². The first kappa shape index (κ1) is 14.4. The molecule has 1 saturated heterocycles. The Morgan fingerprint density at radius 2 is 2.15 bits per heavy atom. The molecule has 7 nitrogen and oxygen atoms in total. The normalized spacial score (nSPS) is 22.1. The quantitative estimate of drug-likeness (QED) is 0.866. The van der Waals surface area contributed by atoms with Crippen molar-refractivity contribution in [3.63, 3.8) is 0 Å². The topological polar surface area (TPSA) is 95.7 Å². The van der Waals surface area contributed by atoms with Crippen molar-refractivity contribution in [3.05, 3.63) is 17.3 Å². The number of carbonyl (C=O) groups excluding carboxylic acids is 1. The molecule has 2 amide bonds. The molecule has 7 heteroatoms. The van der Waals surface area contributed by atoms with Gasteiger partial charge in [-0.2, -0.15) is 0 Å². The number of nitrogens with one attached hydrogen (secondary N) is 1. The molecule has 1 aromatic rings. The smallest absolute Gasteiger partial charge is 0.317 e. The van der Waals surface area contributed by atoms with E-state index in [1.165, 1.54) is 4.90 Å². The maximum atomic E-state index is 12.0. The van der Waals surface area contributed by atoms with E-state index in [2.05, 4.69) is 10.3 Å². The van der Waals surface area contributed by atoms with Gasteiger partial charge in [0, 0.05) is 13.1 Å². The molecule has 110 valence electrons. The molecule has 0 saturated carbocycles. The Morgan fingerprint density at radius 1 is 1.45 bits per heavy atom. The molecule has 2 N–H and O–H groups in total. The fourth-order valence-electron chi connectivity index (χ4n) is 2.33. The van der Waals surface area contributed by atoms with Crippen LogP contribution < -0.4 is 5.32 Å². The molecule has 0 radical (unpaired) electrons. The van der Waals surface area contributed by atoms with Crippen molar-refractivity contribution in [3.8, 4) is 0 Å². The van der Waals surface area contributed by atoms with Gasteiger partial charge in [-0.3, -0.25) is 4.79 Å². The summed E-state index contributed by atoms with van der Waals surface area (Å²) in [5.74, 6) is -0.200. The lowest BCUT2D eigenvalue weighted by molar-refractivity contribution is -0.142. The fraction of sp³-hybridized carbons (Fsp3) is 0.615. The van der Waals surface area contributed by atoms with E-state index in [1.54, 1.807) is 0 Å². The molecular weight excluding hydrogens is 262 g/mol. The lowest BCUT2D eigenvalue weighted by atomic mass is 9.99. The van der Waals surface area contributed by atoms with Gasteiger partial charge in [0.25, 0.3) is 0 Å². The number of amides is 2. The maximum Gasteiger partial charge on any atom is 0.317 e. The molecule has 2 rings (SSSR count). The average molecular weight is 281 g/mol. The zero-order valence-electron chi connectivity index (χ0n) is 11.8. The lowest BCUT2D eigenvalue weighted by Crippen LogP contribution is -2.38. The Balaban J connectivity index is 1.88. The summed E-state index contributed by atoms with van der Waals surface area (Å²) < 4.78 is 5.37. The highest BCUT2D eigenvalue weighted by Crippen LogP contribution is 2.23. The van der Waals surface area contributed by atoms with Gasteiger partial charge in [-0.15, -0.1) is 0 Å². The number of likely N-dealkylation sites (tertiary alicyclic amines) is 1. The van der Waals surface area contributed by atoms with Crippen molar-refractivity contribution in [1.82, 2.24) is 15.2 Å². The number of aliphatic carboxylic acids is 1. The number of carboxylic acids is 1. The molecular formula is C13H19N3O4. The standard InChI is InChI=1S/C13H19N3O4/c1-7-5-16(6-10(7)12(17)18)13(19)14-4-11-15-8(2)9(3)20-11/h7,10H,4-6H2,1-3H3,(H,14,19)(H,17,18). The van der Waals surface area contributed by atoms with Gasteiger partial charge < -0.3 is 19.7 Å². The Bertz CT molecular complexity index is 506. The zero-order chi connectivity index (χ0) is 14.9. The number of oxazole rings is 1. The molecule has 2 heterocycles. The Labute approximate surface area is 117 Å². The summed E-state index contributed by atoms with van der Waals surface area (Å²) in [5.41, 5.74) is 0.801. The first-order valence-electron chi connectivity index (χ1n) is 6.57. The minimum absolute atomic E-state index is 0.0375. The van der Waals surface area contributed by atoms with Crippen molar-refractivity contribution in [2.45, 2.75) is 27.3 Å². The molecule has 0 aliphatic carbocycles. The molecule has 20 heavy (non-hydrogen) atoms. The van der Waals surface area contributed by atoms with Crippen LogP contribution in [0.4, 0.5) is 4.79 Å². The van der Waals surface area contributed by atoms with Gasteiger partial charge in [0.15, 0.2) is 0 Å². The van der Waals surface area contributed by atoms with Gasteiger partial charge in [-0.05, 0) is 19.8 Å². The number of hydrogen-bond donors (Lipinski definition) is 2. The van der Waals surface area contributed by atoms with Crippen molar-refractivity contribution in [1.29, 1.82) is 0 Å². The first-order valence-corrected chi connectivity index (χ1v) is 6.57. The Hall–Kier alpha value is -2.05. The van der Waals surface area contributed by atoms with Gasteiger partial charge in [-0.25, -0.2) is 9.78 Å². The van der Waals surface area contributed by atoms with Crippen LogP contribution in [0.1, 0.15) is 24.3 Å². The third-order valence-corrected chi connectivity index (χ3v) is 3.68. The highest BCUT2D eigenvalue weighted by Gasteiger charge is 2.36. The Kier molecular flexibility index (Phi) is 3.96. The summed E-state index contributed by atoms with van der Waals surface area (Å²) >= 11 is 0. The van der Waals surface area contributed by atoms with Crippen LogP contribution in [0.2, 0.25) is 0 Å². The summed E-state index contributed by atoms with van der Waals surface area (Å²) in [6.45, 7) is 6.39. The summed E-state index contributed by atoms with van der Waals surface area (Å²) in [7, 11) is 0. The number of carbonyl (C=O) groups is 2. The van der Waals surface area contributed by atoms with Gasteiger partial charge in [-0.1, -0.05) is 6.92 Å². The molecule has 0 spiro atoms. The van der Waals surface area contributed by atoms with Crippen LogP contribution in [0.15, 0.2) is 4.42 Å². The first-order chi connectivity index (χ1) is 9.38. The van der Waals surface area contributed by atoms with Crippen molar-refractivity contribution < 1.29 is 19.1 Å². The van der Waals surface area contributed by atoms with Crippen LogP contribution >= 0.6 is 0 Å². The van der Waals surface area contributed by atoms with Gasteiger partial charge >= 0.3 is 12.0 Å². The van der Waals surface area contributed by atoms with Gasteiger partial charge in [0.05, 0.1) is 18.2 Å². The number of nitrogens with zero attached hydrogens (tertiary/aromatic N) is 2. The molecule has 1 fully saturated rings. The number of aromatic nitrogens is 1. The van der Waals surface area contributed by atoms with Crippen LogP contribution in [0.5, 0.6) is 0 Å². The Morgan fingerprint density at radius 3 is 2.65 bits per heavy atom. The largest absolute Gasteiger partial charge is 0.481 e. The molecule has 2 atom stereocenters. The summed E-state index contributed by atoms with van der Waals surface area (Å²) in [6, 6.07) is -0.283. The van der Waals surface area contributed by atoms with Gasteiger partial charge in [0.1, 0.15) is 5.76 Å². The average Bonchev–Trinajstić information content (AvgIpc) is 2.91. The zero-order valence-corrected chi connectivity index (χ0v) is 11.8. The second-order valence-corrected chi connectivity index (χ2v) is 5.23. The van der Waals surface area contributed by atoms with Crippen LogP contribution in [-0.4, -0.2) is 40.1 Å². The van der Waals surface area contributed by atoms with Crippen LogP contribution in [0, 0.1) is 25.7 Å². The molecule has 1 aliphatic heterocycles. The van der Waals surface area contributed by atoms with E-state index < -0.39 is 11.9 Å². The number of urea groups is 1. The third kappa shape index (κ3) is 2.92. The molecule has 1 aliphatic rings. The van der Waals surface area contributed by atoms with E-state index in [9.17, 15) is 9.59 Å². The number of carboxylic acid groups (broad SMARTS) is 1. The highest BCUT2D eigenvalue weighted by molar-refractivity contribution is 5.77. The summed E-state index contributed by atoms with van der Waals surface area (Å²) in [5, 5.41) is 11.7.